The molecule has 0 unspecified atom stereocenters. The molecule has 5 rings (SSSR count). The Morgan fingerprint density at radius 1 is 0.905 bits per heavy atom. The number of nitrogens with zero attached hydrogens (tertiary/aromatic N) is 3. The highest BCUT2D eigenvalue weighted by molar-refractivity contribution is 9.10. The Balaban J connectivity index is 0.000000225. The summed E-state index contributed by atoms with van der Waals surface area (Å²) >= 11 is 6.73. The van der Waals surface area contributed by atoms with Gasteiger partial charge in [0.25, 0.3) is 0 Å². The van der Waals surface area contributed by atoms with Crippen LogP contribution in [-0.2, 0) is 4.74 Å². The van der Waals surface area contributed by atoms with Crippen LogP contribution in [0.5, 0.6) is 11.8 Å². The van der Waals surface area contributed by atoms with Crippen molar-refractivity contribution in [3.8, 4) is 11.8 Å². The van der Waals surface area contributed by atoms with Crippen LogP contribution in [0.4, 0.5) is 0 Å². The van der Waals surface area contributed by atoms with E-state index in [0.29, 0.717) is 23.4 Å². The van der Waals surface area contributed by atoms with E-state index in [2.05, 4.69) is 47.9 Å². The Hall–Kier alpha value is -2.12. The van der Waals surface area contributed by atoms with Crippen molar-refractivity contribution in [2.24, 2.45) is 22.4 Å². The molecule has 4 atom stereocenters. The third-order valence-electron chi connectivity index (χ3n) is 7.30. The van der Waals surface area contributed by atoms with E-state index in [4.69, 9.17) is 41.2 Å². The fourth-order valence-electron chi connectivity index (χ4n) is 5.12. The number of hydrogen-bond acceptors (Lipinski definition) is 10. The Bertz CT molecular complexity index is 1140. The highest BCUT2D eigenvalue weighted by atomic mass is 79.9. The van der Waals surface area contributed by atoms with Crippen LogP contribution in [0, 0.1) is 11.3 Å². The Labute approximate surface area is 266 Å². The van der Waals surface area contributed by atoms with Gasteiger partial charge in [-0.15, -0.1) is 0 Å². The fourth-order valence-corrected chi connectivity index (χ4v) is 5.79. The van der Waals surface area contributed by atoms with E-state index < -0.39 is 0 Å². The predicted molar refractivity (Wildman–Crippen MR) is 175 cm³/mol. The summed E-state index contributed by atoms with van der Waals surface area (Å²) in [6, 6.07) is 4.89. The second-order valence-corrected chi connectivity index (χ2v) is 12.1. The fraction of sp³-hybridized carbons (Fsp3) is 0.600. The van der Waals surface area contributed by atoms with Gasteiger partial charge in [-0.25, -0.2) is 9.97 Å². The quantitative estimate of drug-likeness (QED) is 0.234. The van der Waals surface area contributed by atoms with Gasteiger partial charge in [0.15, 0.2) is 0 Å². The van der Waals surface area contributed by atoms with Crippen LogP contribution >= 0.6 is 31.9 Å². The normalized spacial score (nSPS) is 22.4. The van der Waals surface area contributed by atoms with Gasteiger partial charge in [0.2, 0.25) is 17.7 Å². The SMILES string of the molecule is CCO.COC(=N)c1cc(Br)cnc1OC.COc1ncc(Br)cc1C1=N[C@@H]2CCCC[C@H]2C1.N[C@@H]1CCCC[C@H]1N. The maximum Gasteiger partial charge on any atom is 0.226 e. The second-order valence-electron chi connectivity index (χ2n) is 10.3. The molecule has 0 saturated heterocycles. The van der Waals surface area contributed by atoms with E-state index >= 15 is 0 Å². The number of pyridine rings is 2. The number of hydrogen-bond donors (Lipinski definition) is 4. The van der Waals surface area contributed by atoms with Gasteiger partial charge in [-0.05, 0) is 88.9 Å². The Morgan fingerprint density at radius 3 is 1.95 bits per heavy atom. The predicted octanol–water partition coefficient (Wildman–Crippen LogP) is 5.64. The number of rotatable bonds is 4. The first-order valence-electron chi connectivity index (χ1n) is 14.4. The van der Waals surface area contributed by atoms with Crippen LogP contribution < -0.4 is 20.9 Å². The van der Waals surface area contributed by atoms with Crippen molar-refractivity contribution in [2.45, 2.75) is 82.8 Å². The Kier molecular flexibility index (Phi) is 16.5. The van der Waals surface area contributed by atoms with Gasteiger partial charge in [-0.1, -0.05) is 25.7 Å². The van der Waals surface area contributed by atoms with E-state index in [1.807, 2.05) is 0 Å². The third-order valence-corrected chi connectivity index (χ3v) is 8.17. The lowest BCUT2D eigenvalue weighted by molar-refractivity contribution is 0.318. The molecule has 0 spiro atoms. The average Bonchev–Trinajstić information content (AvgIpc) is 3.44. The lowest BCUT2D eigenvalue weighted by Gasteiger charge is -2.24. The molecular formula is C30H46Br2N6O4. The van der Waals surface area contributed by atoms with Crippen molar-refractivity contribution >= 4 is 43.5 Å². The minimum atomic E-state index is 0.0330. The number of halogens is 2. The zero-order valence-electron chi connectivity index (χ0n) is 25.1. The van der Waals surface area contributed by atoms with Gasteiger partial charge in [0.1, 0.15) is 0 Å². The second kappa shape index (κ2) is 19.2. The number of aromatic nitrogens is 2. The topological polar surface area (TPSA) is 162 Å². The van der Waals surface area contributed by atoms with E-state index in [0.717, 1.165) is 39.7 Å². The largest absolute Gasteiger partial charge is 0.481 e. The van der Waals surface area contributed by atoms with E-state index in [1.54, 1.807) is 32.5 Å². The van der Waals surface area contributed by atoms with Crippen LogP contribution in [-0.4, -0.2) is 72.7 Å². The summed E-state index contributed by atoms with van der Waals surface area (Å²) < 4.78 is 16.9. The highest BCUT2D eigenvalue weighted by Gasteiger charge is 2.32. The molecule has 42 heavy (non-hydrogen) atoms. The minimum Gasteiger partial charge on any atom is -0.481 e. The van der Waals surface area contributed by atoms with Gasteiger partial charge in [0, 0.05) is 45.7 Å². The first kappa shape index (κ1) is 36.1. The van der Waals surface area contributed by atoms with Crippen molar-refractivity contribution < 1.29 is 19.3 Å². The van der Waals surface area contributed by atoms with Crippen molar-refractivity contribution in [1.82, 2.24) is 9.97 Å². The number of aliphatic imine (C=N–C) groups is 1. The summed E-state index contributed by atoms with van der Waals surface area (Å²) in [7, 11) is 4.60. The molecule has 2 saturated carbocycles. The number of nitrogens with two attached hydrogens (primary N) is 2. The van der Waals surface area contributed by atoms with E-state index in [-0.39, 0.29) is 24.6 Å². The van der Waals surface area contributed by atoms with Crippen LogP contribution in [0.1, 0.15) is 75.8 Å². The maximum absolute atomic E-state index is 7.57. The molecule has 3 aliphatic rings. The van der Waals surface area contributed by atoms with Crippen LogP contribution in [0.25, 0.3) is 0 Å². The van der Waals surface area contributed by atoms with Gasteiger partial charge >= 0.3 is 0 Å². The van der Waals surface area contributed by atoms with Crippen LogP contribution in [0.15, 0.2) is 38.5 Å². The molecule has 3 heterocycles. The van der Waals surface area contributed by atoms with Gasteiger partial charge in [0.05, 0.1) is 38.5 Å². The van der Waals surface area contributed by atoms with Crippen molar-refractivity contribution in [3.05, 3.63) is 44.6 Å². The van der Waals surface area contributed by atoms with Gasteiger partial charge < -0.3 is 30.8 Å². The van der Waals surface area contributed by atoms with Crippen LogP contribution in [0.2, 0.25) is 0 Å². The smallest absolute Gasteiger partial charge is 0.226 e. The van der Waals surface area contributed by atoms with Gasteiger partial charge in [-0.2, -0.15) is 0 Å². The minimum absolute atomic E-state index is 0.0330. The number of ether oxygens (including phenoxy) is 3. The number of nitrogens with one attached hydrogen (secondary N) is 1. The van der Waals surface area contributed by atoms with Gasteiger partial charge in [-0.3, -0.25) is 10.4 Å². The molecule has 0 radical (unpaired) electrons. The summed E-state index contributed by atoms with van der Waals surface area (Å²) in [6.45, 7) is 1.93. The summed E-state index contributed by atoms with van der Waals surface area (Å²) in [6.07, 6.45) is 14.5. The molecule has 2 aromatic heterocycles. The lowest BCUT2D eigenvalue weighted by atomic mass is 9.84. The van der Waals surface area contributed by atoms with E-state index in [1.165, 1.54) is 58.5 Å². The molecule has 0 amide bonds. The monoisotopic (exact) mass is 712 g/mol. The molecule has 234 valence electrons. The third kappa shape index (κ3) is 11.2. The molecule has 10 nitrogen and oxygen atoms in total. The maximum atomic E-state index is 7.57. The summed E-state index contributed by atoms with van der Waals surface area (Å²) in [5.41, 5.74) is 14.1. The molecule has 0 bridgehead atoms. The van der Waals surface area contributed by atoms with Crippen LogP contribution in [0.3, 0.4) is 0 Å². The van der Waals surface area contributed by atoms with Crippen molar-refractivity contribution in [3.63, 3.8) is 0 Å². The molecule has 2 fully saturated rings. The summed E-state index contributed by atoms with van der Waals surface area (Å²) in [4.78, 5) is 13.2. The first-order valence-corrected chi connectivity index (χ1v) is 16.0. The molecule has 6 N–H and O–H groups in total. The zero-order valence-corrected chi connectivity index (χ0v) is 28.3. The number of aliphatic hydroxyl groups excluding tert-OH is 1. The number of methoxy groups -OCH3 is 3. The Morgan fingerprint density at radius 2 is 1.43 bits per heavy atom. The standard InChI is InChI=1S/C14H17BrN2O.C8H9BrN2O2.C6H14N2.C2H6O/c1-18-14-11(7-10(15)8-16-14)13-6-9-4-2-3-5-12(9)17-13;1-12-7(10)6-3-5(9)4-11-8(6)13-2;7-5-3-1-2-4-6(5)8;1-2-3/h7-9,12H,2-6H2,1H3;3-4,10H,1-2H3;5-6H,1-4,7-8H2;3H,2H2,1H3/t9-,12+;;5-,6-;/m0.1./s1. The number of fused-ring (bicyclic) bond motifs is 1. The summed E-state index contributed by atoms with van der Waals surface area (Å²) in [5, 5.41) is 15.0. The number of aliphatic hydroxyl groups is 1. The zero-order chi connectivity index (χ0) is 31.1. The molecule has 12 heteroatoms. The van der Waals surface area contributed by atoms with Crippen molar-refractivity contribution in [1.29, 1.82) is 5.41 Å². The van der Waals surface area contributed by atoms with Crippen molar-refractivity contribution in [2.75, 3.05) is 27.9 Å². The molecule has 2 aliphatic carbocycles. The molecule has 2 aromatic rings. The molecule has 0 aromatic carbocycles. The highest BCUT2D eigenvalue weighted by Crippen LogP contribution is 2.37. The first-order chi connectivity index (χ1) is 20.2. The van der Waals surface area contributed by atoms with E-state index in [9.17, 15) is 0 Å². The molecular weight excluding hydrogens is 668 g/mol. The molecule has 1 aliphatic heterocycles. The lowest BCUT2D eigenvalue weighted by Crippen LogP contribution is -2.43. The average molecular weight is 715 g/mol. The summed E-state index contributed by atoms with van der Waals surface area (Å²) in [5.74, 6) is 1.86.